The van der Waals surface area contributed by atoms with Crippen LogP contribution in [-0.2, 0) is 19.1 Å². The number of aliphatic hydroxyl groups is 1. The molecule has 23 heteroatoms. The highest BCUT2D eigenvalue weighted by molar-refractivity contribution is 7.99. The third-order valence-corrected chi connectivity index (χ3v) is 6.10. The van der Waals surface area contributed by atoms with Crippen LogP contribution in [0.15, 0.2) is 0 Å². The summed E-state index contributed by atoms with van der Waals surface area (Å²) in [5.74, 6) is -61.8. The normalized spacial score (nSPS) is 16.2. The third kappa shape index (κ3) is 7.58. The third-order valence-electron chi connectivity index (χ3n) is 4.92. The summed E-state index contributed by atoms with van der Waals surface area (Å²) < 4.78 is 233. The second kappa shape index (κ2) is 13.0. The van der Waals surface area contributed by atoms with Crippen LogP contribution in [0.1, 0.15) is 20.3 Å². The van der Waals surface area contributed by atoms with Gasteiger partial charge >= 0.3 is 59.6 Å². The smallest absolute Gasteiger partial charge is 0.460 e. The average molecular weight is 682 g/mol. The second-order valence-electron chi connectivity index (χ2n) is 8.51. The van der Waals surface area contributed by atoms with Gasteiger partial charge in [0.05, 0.1) is 30.8 Å². The maximum atomic E-state index is 13.8. The molecule has 2 atom stereocenters. The van der Waals surface area contributed by atoms with Crippen molar-refractivity contribution >= 4 is 23.7 Å². The summed E-state index contributed by atoms with van der Waals surface area (Å²) >= 11 is 0.642. The number of hydrogen-bond acceptors (Lipinski definition) is 6. The lowest BCUT2D eigenvalue weighted by Gasteiger charge is -2.42. The van der Waals surface area contributed by atoms with Gasteiger partial charge in [-0.2, -0.15) is 74.6 Å². The fourth-order valence-corrected chi connectivity index (χ4v) is 3.28. The van der Waals surface area contributed by atoms with E-state index >= 15 is 0 Å². The monoisotopic (exact) mass is 682 g/mol. The van der Waals surface area contributed by atoms with E-state index in [-0.39, 0.29) is 5.75 Å². The molecule has 0 aliphatic heterocycles. The van der Waals surface area contributed by atoms with Crippen LogP contribution < -0.4 is 0 Å². The summed E-state index contributed by atoms with van der Waals surface area (Å²) in [5, 5.41) is 8.93. The number of ether oxygens (including phenoxy) is 2. The van der Waals surface area contributed by atoms with E-state index in [1.807, 2.05) is 0 Å². The van der Waals surface area contributed by atoms with Crippen LogP contribution in [0.4, 0.5) is 74.6 Å². The van der Waals surface area contributed by atoms with Gasteiger partial charge in [-0.25, -0.2) is 0 Å². The van der Waals surface area contributed by atoms with Crippen molar-refractivity contribution < 1.29 is 98.8 Å². The topological polar surface area (TPSA) is 72.8 Å². The van der Waals surface area contributed by atoms with E-state index in [0.29, 0.717) is 11.8 Å². The van der Waals surface area contributed by atoms with Crippen molar-refractivity contribution in [1.82, 2.24) is 0 Å². The summed E-state index contributed by atoms with van der Waals surface area (Å²) in [7, 11) is 0. The molecule has 0 radical (unpaired) electrons. The van der Waals surface area contributed by atoms with Crippen molar-refractivity contribution in [2.24, 2.45) is 5.92 Å². The van der Waals surface area contributed by atoms with Crippen LogP contribution in [0.25, 0.3) is 0 Å². The summed E-state index contributed by atoms with van der Waals surface area (Å²) in [5.41, 5.74) is 0. The van der Waals surface area contributed by atoms with Crippen molar-refractivity contribution in [2.75, 3.05) is 24.7 Å². The molecule has 0 amide bonds. The fraction of sp³-hybridized carbons (Fsp3) is 0.895. The first kappa shape index (κ1) is 40.1. The first-order valence-corrected chi connectivity index (χ1v) is 11.8. The molecule has 0 aromatic carbocycles. The summed E-state index contributed by atoms with van der Waals surface area (Å²) in [6.45, 7) is -0.205. The summed E-state index contributed by atoms with van der Waals surface area (Å²) in [4.78, 5) is 23.0. The van der Waals surface area contributed by atoms with Gasteiger partial charge in [-0.1, -0.05) is 6.92 Å². The Hall–Kier alpha value is -1.94. The molecule has 2 unspecified atom stereocenters. The second-order valence-corrected chi connectivity index (χ2v) is 9.54. The molecule has 0 heterocycles. The van der Waals surface area contributed by atoms with Gasteiger partial charge in [0.15, 0.2) is 0 Å². The SMILES string of the molecule is CC(O)COC(=O)CSCC(C)C(=O)OCCC(F)(F)C(F)(F)C(F)(F)C(F)(F)C(F)(F)C(F)(F)C(F)(F)C(F)(F)F. The first-order valence-electron chi connectivity index (χ1n) is 10.7. The van der Waals surface area contributed by atoms with E-state index < -0.39 is 97.0 Å². The van der Waals surface area contributed by atoms with Gasteiger partial charge in [-0.3, -0.25) is 9.59 Å². The lowest BCUT2D eigenvalue weighted by Crippen LogP contribution is -2.74. The Morgan fingerprint density at radius 1 is 0.667 bits per heavy atom. The van der Waals surface area contributed by atoms with Gasteiger partial charge in [0.25, 0.3) is 0 Å². The van der Waals surface area contributed by atoms with Crippen molar-refractivity contribution in [1.29, 1.82) is 0 Å². The van der Waals surface area contributed by atoms with Gasteiger partial charge in [-0.05, 0) is 6.92 Å². The van der Waals surface area contributed by atoms with Crippen molar-refractivity contribution in [3.63, 3.8) is 0 Å². The highest BCUT2D eigenvalue weighted by Crippen LogP contribution is 2.64. The number of alkyl halides is 17. The Kier molecular flexibility index (Phi) is 12.4. The number of rotatable bonds is 16. The lowest BCUT2D eigenvalue weighted by atomic mass is 9.88. The van der Waals surface area contributed by atoms with Crippen LogP contribution in [0.3, 0.4) is 0 Å². The predicted molar refractivity (Wildman–Crippen MR) is 105 cm³/mol. The molecule has 0 aliphatic rings. The van der Waals surface area contributed by atoms with Crippen molar-refractivity contribution in [2.45, 2.75) is 74.0 Å². The Balaban J connectivity index is 5.64. The molecule has 0 saturated heterocycles. The van der Waals surface area contributed by atoms with Crippen LogP contribution in [0.2, 0.25) is 0 Å². The molecule has 1 N–H and O–H groups in total. The fourth-order valence-electron chi connectivity index (χ4n) is 2.42. The minimum Gasteiger partial charge on any atom is -0.465 e. The number of esters is 2. The zero-order valence-electron chi connectivity index (χ0n) is 20.6. The summed E-state index contributed by atoms with van der Waals surface area (Å²) in [6, 6.07) is 0. The Morgan fingerprint density at radius 3 is 1.48 bits per heavy atom. The minimum absolute atomic E-state index is 0.370. The molecule has 0 bridgehead atoms. The van der Waals surface area contributed by atoms with Crippen LogP contribution >= 0.6 is 11.8 Å². The molecule has 0 saturated carbocycles. The van der Waals surface area contributed by atoms with Gasteiger partial charge < -0.3 is 14.6 Å². The molecule has 0 aromatic heterocycles. The molecule has 250 valence electrons. The minimum atomic E-state index is -8.72. The number of hydrogen-bond donors (Lipinski definition) is 1. The van der Waals surface area contributed by atoms with Gasteiger partial charge in [0.1, 0.15) is 6.61 Å². The molecular formula is C19H19F17O5S. The molecule has 5 nitrogen and oxygen atoms in total. The number of carbonyl (C=O) groups excluding carboxylic acids is 2. The quantitative estimate of drug-likeness (QED) is 0.154. The van der Waals surface area contributed by atoms with Gasteiger partial charge in [0.2, 0.25) is 0 Å². The molecule has 0 rings (SSSR count). The molecule has 0 aromatic rings. The van der Waals surface area contributed by atoms with Crippen LogP contribution in [0, 0.1) is 5.92 Å². The first-order chi connectivity index (χ1) is 18.4. The van der Waals surface area contributed by atoms with Crippen molar-refractivity contribution in [3.05, 3.63) is 0 Å². The number of thioether (sulfide) groups is 1. The highest BCUT2D eigenvalue weighted by atomic mass is 32.2. The van der Waals surface area contributed by atoms with Crippen LogP contribution in [0.5, 0.6) is 0 Å². The van der Waals surface area contributed by atoms with E-state index in [2.05, 4.69) is 9.47 Å². The number of aliphatic hydroxyl groups excluding tert-OH is 1. The Morgan fingerprint density at radius 2 is 1.07 bits per heavy atom. The van der Waals surface area contributed by atoms with Crippen molar-refractivity contribution in [3.8, 4) is 0 Å². The van der Waals surface area contributed by atoms with Crippen LogP contribution in [-0.4, -0.2) is 95.5 Å². The zero-order valence-corrected chi connectivity index (χ0v) is 21.4. The Labute approximate surface area is 228 Å². The average Bonchev–Trinajstić information content (AvgIpc) is 2.80. The molecule has 42 heavy (non-hydrogen) atoms. The molecular weight excluding hydrogens is 663 g/mol. The van der Waals surface area contributed by atoms with Gasteiger partial charge in [0, 0.05) is 5.75 Å². The van der Waals surface area contributed by atoms with E-state index in [1.54, 1.807) is 0 Å². The van der Waals surface area contributed by atoms with E-state index in [9.17, 15) is 84.2 Å². The maximum Gasteiger partial charge on any atom is 0.460 e. The van der Waals surface area contributed by atoms with E-state index in [4.69, 9.17) is 5.11 Å². The molecule has 0 spiro atoms. The number of carbonyl (C=O) groups is 2. The maximum absolute atomic E-state index is 13.8. The molecule has 0 aliphatic carbocycles. The molecule has 0 fully saturated rings. The van der Waals surface area contributed by atoms with Gasteiger partial charge in [-0.15, -0.1) is 11.8 Å². The van der Waals surface area contributed by atoms with E-state index in [0.717, 1.165) is 6.92 Å². The summed E-state index contributed by atoms with van der Waals surface area (Å²) in [6.07, 6.45) is -11.8. The predicted octanol–water partition coefficient (Wildman–Crippen LogP) is 6.22. The van der Waals surface area contributed by atoms with E-state index in [1.165, 1.54) is 6.92 Å². The zero-order chi connectivity index (χ0) is 34.0. The standard InChI is InChI=1S/C19H19F17O5S/c1-8(6-42-7-10(38)41-5-9(2)37)11(39)40-4-3-12(20,21)13(22,23)14(24,25)15(26,27)16(28,29)17(30,31)18(32,33)19(34,35)36/h8-9,37H,3-7H2,1-2H3. The Bertz CT molecular complexity index is 936. The lowest BCUT2D eigenvalue weighted by molar-refractivity contribution is -0.461. The largest absolute Gasteiger partial charge is 0.465 e. The number of halogens is 17. The highest BCUT2D eigenvalue weighted by Gasteiger charge is 2.95.